The van der Waals surface area contributed by atoms with Gasteiger partial charge in [0.1, 0.15) is 11.6 Å². The van der Waals surface area contributed by atoms with Gasteiger partial charge in [0.05, 0.1) is 20.3 Å². The second-order valence-corrected chi connectivity index (χ2v) is 5.01. The largest absolute Gasteiger partial charge is 0.496 e. The predicted molar refractivity (Wildman–Crippen MR) is 85.4 cm³/mol. The molecule has 2 heterocycles. The highest BCUT2D eigenvalue weighted by Crippen LogP contribution is 2.19. The first-order chi connectivity index (χ1) is 10.9. The van der Waals surface area contributed by atoms with Crippen LogP contribution in [0, 0.1) is 0 Å². The van der Waals surface area contributed by atoms with Crippen LogP contribution in [0.4, 0.5) is 11.8 Å². The molecule has 1 aromatic carbocycles. The first-order valence-corrected chi connectivity index (χ1v) is 7.38. The van der Waals surface area contributed by atoms with Crippen LogP contribution in [-0.4, -0.2) is 43.4 Å². The van der Waals surface area contributed by atoms with Gasteiger partial charge in [0.15, 0.2) is 0 Å². The van der Waals surface area contributed by atoms with Gasteiger partial charge in [-0.2, -0.15) is 4.98 Å². The maximum absolute atomic E-state index is 5.36. The Balaban J connectivity index is 1.67. The van der Waals surface area contributed by atoms with Crippen molar-refractivity contribution in [3.05, 3.63) is 42.1 Å². The molecule has 22 heavy (non-hydrogen) atoms. The second kappa shape index (κ2) is 7.09. The highest BCUT2D eigenvalue weighted by atomic mass is 16.5. The summed E-state index contributed by atoms with van der Waals surface area (Å²) in [6, 6.07) is 9.83. The molecule has 2 aromatic rings. The van der Waals surface area contributed by atoms with Crippen LogP contribution in [0.25, 0.3) is 0 Å². The Kier molecular flexibility index (Phi) is 4.70. The minimum absolute atomic E-state index is 0.656. The molecule has 1 saturated heterocycles. The average molecular weight is 300 g/mol. The molecule has 0 atom stereocenters. The molecule has 0 saturated carbocycles. The lowest BCUT2D eigenvalue weighted by Crippen LogP contribution is -2.37. The lowest BCUT2D eigenvalue weighted by atomic mass is 10.2. The molecule has 1 aliphatic heterocycles. The van der Waals surface area contributed by atoms with Gasteiger partial charge >= 0.3 is 0 Å². The zero-order valence-corrected chi connectivity index (χ0v) is 12.7. The van der Waals surface area contributed by atoms with Crippen LogP contribution in [0.1, 0.15) is 5.56 Å². The van der Waals surface area contributed by atoms with E-state index in [0.717, 1.165) is 49.4 Å². The van der Waals surface area contributed by atoms with E-state index in [1.807, 2.05) is 30.3 Å². The molecule has 6 nitrogen and oxygen atoms in total. The van der Waals surface area contributed by atoms with Crippen LogP contribution in [0.15, 0.2) is 36.5 Å². The van der Waals surface area contributed by atoms with E-state index in [0.29, 0.717) is 6.54 Å². The van der Waals surface area contributed by atoms with Crippen LogP contribution in [-0.2, 0) is 11.3 Å². The Morgan fingerprint density at radius 3 is 2.86 bits per heavy atom. The van der Waals surface area contributed by atoms with Gasteiger partial charge in [0, 0.05) is 31.4 Å². The molecule has 0 bridgehead atoms. The number of nitrogens with one attached hydrogen (secondary N) is 1. The lowest BCUT2D eigenvalue weighted by Gasteiger charge is -2.26. The molecule has 0 unspecified atom stereocenters. The topological polar surface area (TPSA) is 59.5 Å². The summed E-state index contributed by atoms with van der Waals surface area (Å²) < 4.78 is 10.7. The number of ether oxygens (including phenoxy) is 2. The Bertz CT molecular complexity index is 615. The molecule has 1 aliphatic rings. The van der Waals surface area contributed by atoms with Gasteiger partial charge in [0.2, 0.25) is 5.95 Å². The summed E-state index contributed by atoms with van der Waals surface area (Å²) in [7, 11) is 1.68. The second-order valence-electron chi connectivity index (χ2n) is 5.01. The maximum atomic E-state index is 5.36. The summed E-state index contributed by atoms with van der Waals surface area (Å²) in [6.07, 6.45) is 1.78. The van der Waals surface area contributed by atoms with E-state index in [-0.39, 0.29) is 0 Å². The smallest absolute Gasteiger partial charge is 0.227 e. The highest BCUT2D eigenvalue weighted by molar-refractivity contribution is 5.43. The number of hydrogen-bond acceptors (Lipinski definition) is 6. The van der Waals surface area contributed by atoms with Gasteiger partial charge in [-0.1, -0.05) is 18.2 Å². The first-order valence-electron chi connectivity index (χ1n) is 7.38. The summed E-state index contributed by atoms with van der Waals surface area (Å²) in [5, 5.41) is 3.33. The van der Waals surface area contributed by atoms with Crippen LogP contribution in [0.2, 0.25) is 0 Å². The Hall–Kier alpha value is -2.34. The van der Waals surface area contributed by atoms with Crippen molar-refractivity contribution in [2.24, 2.45) is 0 Å². The zero-order chi connectivity index (χ0) is 15.2. The van der Waals surface area contributed by atoms with Crippen molar-refractivity contribution < 1.29 is 9.47 Å². The average Bonchev–Trinajstić information content (AvgIpc) is 2.61. The number of rotatable bonds is 5. The quantitative estimate of drug-likeness (QED) is 0.910. The maximum Gasteiger partial charge on any atom is 0.227 e. The van der Waals surface area contributed by atoms with Crippen LogP contribution in [0.3, 0.4) is 0 Å². The molecule has 0 spiro atoms. The van der Waals surface area contributed by atoms with Crippen molar-refractivity contribution >= 4 is 11.8 Å². The van der Waals surface area contributed by atoms with E-state index in [1.54, 1.807) is 13.3 Å². The normalized spacial score (nSPS) is 14.7. The van der Waals surface area contributed by atoms with E-state index in [4.69, 9.17) is 9.47 Å². The predicted octanol–water partition coefficient (Wildman–Crippen LogP) is 1.93. The Morgan fingerprint density at radius 1 is 1.23 bits per heavy atom. The fourth-order valence-electron chi connectivity index (χ4n) is 2.40. The summed E-state index contributed by atoms with van der Waals surface area (Å²) in [5.41, 5.74) is 1.09. The van der Waals surface area contributed by atoms with Gasteiger partial charge in [-0.25, -0.2) is 4.98 Å². The number of hydrogen-bond donors (Lipinski definition) is 1. The van der Waals surface area contributed by atoms with Gasteiger partial charge < -0.3 is 19.7 Å². The summed E-state index contributed by atoms with van der Waals surface area (Å²) in [4.78, 5) is 11.1. The fourth-order valence-corrected chi connectivity index (χ4v) is 2.40. The van der Waals surface area contributed by atoms with Gasteiger partial charge in [-0.3, -0.25) is 0 Å². The molecule has 1 aromatic heterocycles. The van der Waals surface area contributed by atoms with Crippen molar-refractivity contribution in [1.29, 1.82) is 0 Å². The Morgan fingerprint density at radius 2 is 2.05 bits per heavy atom. The molecule has 0 amide bonds. The summed E-state index contributed by atoms with van der Waals surface area (Å²) in [5.74, 6) is 2.42. The molecule has 1 N–H and O–H groups in total. The van der Waals surface area contributed by atoms with E-state index >= 15 is 0 Å². The van der Waals surface area contributed by atoms with Crippen molar-refractivity contribution in [3.8, 4) is 5.75 Å². The number of morpholine rings is 1. The van der Waals surface area contributed by atoms with Crippen molar-refractivity contribution in [3.63, 3.8) is 0 Å². The number of aromatic nitrogens is 2. The molecule has 116 valence electrons. The van der Waals surface area contributed by atoms with Crippen molar-refractivity contribution in [2.45, 2.75) is 6.54 Å². The van der Waals surface area contributed by atoms with E-state index in [2.05, 4.69) is 20.2 Å². The molecular formula is C16H20N4O2. The lowest BCUT2D eigenvalue weighted by molar-refractivity contribution is 0.122. The fraction of sp³-hybridized carbons (Fsp3) is 0.375. The number of para-hydroxylation sites is 1. The van der Waals surface area contributed by atoms with E-state index in [9.17, 15) is 0 Å². The third-order valence-corrected chi connectivity index (χ3v) is 3.59. The van der Waals surface area contributed by atoms with E-state index < -0.39 is 0 Å². The minimum Gasteiger partial charge on any atom is -0.496 e. The van der Waals surface area contributed by atoms with Gasteiger partial charge in [-0.05, 0) is 12.1 Å². The number of nitrogens with zero attached hydrogens (tertiary/aromatic N) is 3. The van der Waals surface area contributed by atoms with Gasteiger partial charge in [-0.15, -0.1) is 0 Å². The molecule has 3 rings (SSSR count). The Labute approximate surface area is 130 Å². The number of benzene rings is 1. The van der Waals surface area contributed by atoms with Crippen molar-refractivity contribution in [1.82, 2.24) is 9.97 Å². The molecule has 0 aliphatic carbocycles. The van der Waals surface area contributed by atoms with Crippen LogP contribution in [0.5, 0.6) is 5.75 Å². The molecular weight excluding hydrogens is 280 g/mol. The van der Waals surface area contributed by atoms with Crippen LogP contribution < -0.4 is 15.0 Å². The summed E-state index contributed by atoms with van der Waals surface area (Å²) in [6.45, 7) is 3.76. The summed E-state index contributed by atoms with van der Waals surface area (Å²) >= 11 is 0. The minimum atomic E-state index is 0.656. The first kappa shape index (κ1) is 14.6. The zero-order valence-electron chi connectivity index (χ0n) is 12.7. The highest BCUT2D eigenvalue weighted by Gasteiger charge is 2.14. The van der Waals surface area contributed by atoms with Gasteiger partial charge in [0.25, 0.3) is 0 Å². The SMILES string of the molecule is COc1ccccc1CNc1ccnc(N2CCOCC2)n1. The number of methoxy groups -OCH3 is 1. The third-order valence-electron chi connectivity index (χ3n) is 3.59. The molecule has 0 radical (unpaired) electrons. The van der Waals surface area contributed by atoms with Crippen molar-refractivity contribution in [2.75, 3.05) is 43.6 Å². The van der Waals surface area contributed by atoms with Crippen LogP contribution >= 0.6 is 0 Å². The third kappa shape index (κ3) is 3.46. The standard InChI is InChI=1S/C16H20N4O2/c1-21-14-5-3-2-4-13(14)12-18-15-6-7-17-16(19-15)20-8-10-22-11-9-20/h2-7H,8-12H2,1H3,(H,17,18,19). The van der Waals surface area contributed by atoms with E-state index in [1.165, 1.54) is 0 Å². The monoisotopic (exact) mass is 300 g/mol. The molecule has 1 fully saturated rings. The number of anilines is 2. The molecule has 6 heteroatoms.